The van der Waals surface area contributed by atoms with Crippen LogP contribution in [0.3, 0.4) is 0 Å². The SMILES string of the molecule is CC.OC(COCc1ccccc1)CC(CC(O)c1ccc(Cl)c(Cc2ccc(OCCOC3CC3)cc2)c1)OCc1ccccc1. The Labute approximate surface area is 285 Å². The standard InChI is InChI=1S/C38H43ClO6.C2H6/c39-37-18-13-31(22-32(37)21-28-11-14-34(15-12-28)43-19-20-44-35-16-17-35)38(41)24-36(45-26-30-9-5-2-6-10-30)23-33(40)27-42-25-29-7-3-1-4-8-29;1-2/h1-15,18,22,33,35-36,38,40-41H,16-17,19-21,23-27H2;1-2H3. The van der Waals surface area contributed by atoms with Crippen molar-refractivity contribution >= 4 is 11.6 Å². The number of rotatable bonds is 19. The molecular formula is C40H49ClO6. The Morgan fingerprint density at radius 2 is 1.40 bits per heavy atom. The molecule has 5 rings (SSSR count). The van der Waals surface area contributed by atoms with Gasteiger partial charge in [0.1, 0.15) is 12.4 Å². The van der Waals surface area contributed by atoms with E-state index in [9.17, 15) is 10.2 Å². The highest BCUT2D eigenvalue weighted by Crippen LogP contribution is 2.29. The number of benzene rings is 4. The van der Waals surface area contributed by atoms with Gasteiger partial charge in [-0.15, -0.1) is 0 Å². The summed E-state index contributed by atoms with van der Waals surface area (Å²) < 4.78 is 23.5. The molecule has 4 aromatic rings. The van der Waals surface area contributed by atoms with Crippen molar-refractivity contribution < 1.29 is 29.2 Å². The molecule has 0 bridgehead atoms. The molecule has 6 nitrogen and oxygen atoms in total. The van der Waals surface area contributed by atoms with Gasteiger partial charge in [-0.1, -0.05) is 110 Å². The highest BCUT2D eigenvalue weighted by Gasteiger charge is 2.22. The molecule has 47 heavy (non-hydrogen) atoms. The zero-order chi connectivity index (χ0) is 33.3. The summed E-state index contributed by atoms with van der Waals surface area (Å²) in [6, 6.07) is 33.4. The average Bonchev–Trinajstić information content (AvgIpc) is 3.94. The summed E-state index contributed by atoms with van der Waals surface area (Å²) in [4.78, 5) is 0. The fraction of sp³-hybridized carbons (Fsp3) is 0.400. The summed E-state index contributed by atoms with van der Waals surface area (Å²) in [5, 5.41) is 22.8. The van der Waals surface area contributed by atoms with Crippen molar-refractivity contribution in [3.63, 3.8) is 0 Å². The molecule has 0 radical (unpaired) electrons. The van der Waals surface area contributed by atoms with Crippen LogP contribution in [0, 0.1) is 0 Å². The molecule has 7 heteroatoms. The number of halogens is 1. The first-order valence-corrected chi connectivity index (χ1v) is 17.1. The van der Waals surface area contributed by atoms with E-state index >= 15 is 0 Å². The molecule has 1 aliphatic rings. The van der Waals surface area contributed by atoms with E-state index in [0.29, 0.717) is 56.8 Å². The lowest BCUT2D eigenvalue weighted by Gasteiger charge is -2.24. The second kappa shape index (κ2) is 20.2. The summed E-state index contributed by atoms with van der Waals surface area (Å²) >= 11 is 6.59. The van der Waals surface area contributed by atoms with Gasteiger partial charge in [0.25, 0.3) is 0 Å². The van der Waals surface area contributed by atoms with Gasteiger partial charge in [-0.05, 0) is 65.3 Å². The fourth-order valence-electron chi connectivity index (χ4n) is 5.13. The maximum atomic E-state index is 11.3. The highest BCUT2D eigenvalue weighted by atomic mass is 35.5. The van der Waals surface area contributed by atoms with Crippen molar-refractivity contribution in [1.29, 1.82) is 0 Å². The van der Waals surface area contributed by atoms with Crippen LogP contribution in [0.2, 0.25) is 5.02 Å². The van der Waals surface area contributed by atoms with Crippen molar-refractivity contribution in [2.45, 2.75) is 83.6 Å². The molecule has 0 aliphatic heterocycles. The van der Waals surface area contributed by atoms with Crippen molar-refractivity contribution in [3.8, 4) is 5.75 Å². The van der Waals surface area contributed by atoms with Crippen LogP contribution in [0.1, 0.15) is 73.5 Å². The van der Waals surface area contributed by atoms with E-state index in [4.69, 9.17) is 30.5 Å². The van der Waals surface area contributed by atoms with Crippen LogP contribution in [0.15, 0.2) is 103 Å². The smallest absolute Gasteiger partial charge is 0.119 e. The third-order valence-corrected chi connectivity index (χ3v) is 8.14. The Kier molecular flexibility index (Phi) is 15.7. The van der Waals surface area contributed by atoms with Crippen LogP contribution >= 0.6 is 11.6 Å². The lowest BCUT2D eigenvalue weighted by molar-refractivity contribution is -0.0448. The predicted octanol–water partition coefficient (Wildman–Crippen LogP) is 8.49. The molecule has 0 spiro atoms. The molecule has 1 fully saturated rings. The molecule has 0 amide bonds. The quantitative estimate of drug-likeness (QED) is 0.0983. The fourth-order valence-corrected chi connectivity index (χ4v) is 5.32. The number of aliphatic hydroxyl groups excluding tert-OH is 2. The van der Waals surface area contributed by atoms with Gasteiger partial charge in [0.2, 0.25) is 0 Å². The highest BCUT2D eigenvalue weighted by molar-refractivity contribution is 6.31. The van der Waals surface area contributed by atoms with E-state index in [1.807, 2.05) is 117 Å². The summed E-state index contributed by atoms with van der Waals surface area (Å²) in [6.07, 6.45) is 2.10. The monoisotopic (exact) mass is 660 g/mol. The Bertz CT molecular complexity index is 1410. The van der Waals surface area contributed by atoms with Gasteiger partial charge < -0.3 is 29.2 Å². The maximum Gasteiger partial charge on any atom is 0.119 e. The molecule has 0 saturated heterocycles. The maximum absolute atomic E-state index is 11.3. The Morgan fingerprint density at radius 3 is 2.06 bits per heavy atom. The van der Waals surface area contributed by atoms with Crippen molar-refractivity contribution in [2.24, 2.45) is 0 Å². The van der Waals surface area contributed by atoms with E-state index in [-0.39, 0.29) is 6.61 Å². The molecule has 0 aromatic heterocycles. The van der Waals surface area contributed by atoms with E-state index in [0.717, 1.165) is 46.4 Å². The average molecular weight is 661 g/mol. The molecule has 4 aromatic carbocycles. The first kappa shape index (κ1) is 36.6. The topological polar surface area (TPSA) is 77.4 Å². The van der Waals surface area contributed by atoms with E-state index in [1.54, 1.807) is 0 Å². The summed E-state index contributed by atoms with van der Waals surface area (Å²) in [7, 11) is 0. The Morgan fingerprint density at radius 1 is 0.745 bits per heavy atom. The van der Waals surface area contributed by atoms with Crippen molar-refractivity contribution in [2.75, 3.05) is 19.8 Å². The lowest BCUT2D eigenvalue weighted by atomic mass is 9.96. The van der Waals surface area contributed by atoms with E-state index in [1.165, 1.54) is 0 Å². The number of ether oxygens (including phenoxy) is 4. The van der Waals surface area contributed by atoms with E-state index in [2.05, 4.69) is 0 Å². The number of hydrogen-bond acceptors (Lipinski definition) is 6. The minimum Gasteiger partial charge on any atom is -0.491 e. The van der Waals surface area contributed by atoms with Gasteiger partial charge >= 0.3 is 0 Å². The molecule has 3 unspecified atom stereocenters. The third-order valence-electron chi connectivity index (χ3n) is 7.77. The first-order valence-electron chi connectivity index (χ1n) is 16.8. The van der Waals surface area contributed by atoms with Gasteiger partial charge in [-0.3, -0.25) is 0 Å². The normalized spacial score (nSPS) is 14.5. The third kappa shape index (κ3) is 13.4. The molecule has 0 heterocycles. The molecule has 2 N–H and O–H groups in total. The molecule has 3 atom stereocenters. The van der Waals surface area contributed by atoms with Gasteiger partial charge in [-0.25, -0.2) is 0 Å². The lowest BCUT2D eigenvalue weighted by Crippen LogP contribution is -2.26. The van der Waals surface area contributed by atoms with Gasteiger partial charge in [-0.2, -0.15) is 0 Å². The van der Waals surface area contributed by atoms with Crippen molar-refractivity contribution in [3.05, 3.63) is 136 Å². The van der Waals surface area contributed by atoms with Gasteiger partial charge in [0.05, 0.1) is 50.8 Å². The Balaban J connectivity index is 0.00000245. The van der Waals surface area contributed by atoms with Gasteiger partial charge in [0, 0.05) is 17.9 Å². The summed E-state index contributed by atoms with van der Waals surface area (Å²) in [5.41, 5.74) is 4.86. The molecular weight excluding hydrogens is 612 g/mol. The molecule has 1 aliphatic carbocycles. The minimum absolute atomic E-state index is 0.180. The van der Waals surface area contributed by atoms with Crippen LogP contribution in [0.5, 0.6) is 5.75 Å². The second-order valence-electron chi connectivity index (χ2n) is 11.7. The summed E-state index contributed by atoms with van der Waals surface area (Å²) in [5.74, 6) is 0.808. The zero-order valence-corrected chi connectivity index (χ0v) is 28.4. The van der Waals surface area contributed by atoms with Crippen LogP contribution in [-0.2, 0) is 33.8 Å². The van der Waals surface area contributed by atoms with Crippen molar-refractivity contribution in [1.82, 2.24) is 0 Å². The minimum atomic E-state index is -0.798. The van der Waals surface area contributed by atoms with Crippen LogP contribution < -0.4 is 4.74 Å². The van der Waals surface area contributed by atoms with Crippen LogP contribution in [0.25, 0.3) is 0 Å². The Hall–Kier alpha value is -3.23. The van der Waals surface area contributed by atoms with Crippen LogP contribution in [-0.4, -0.2) is 48.3 Å². The first-order chi connectivity index (χ1) is 23.0. The van der Waals surface area contributed by atoms with Crippen LogP contribution in [0.4, 0.5) is 0 Å². The zero-order valence-electron chi connectivity index (χ0n) is 27.6. The van der Waals surface area contributed by atoms with E-state index < -0.39 is 18.3 Å². The van der Waals surface area contributed by atoms with Gasteiger partial charge in [0.15, 0.2) is 0 Å². The summed E-state index contributed by atoms with van der Waals surface area (Å²) in [6.45, 7) is 6.13. The second-order valence-corrected chi connectivity index (χ2v) is 12.1. The predicted molar refractivity (Wildman–Crippen MR) is 188 cm³/mol. The number of hydrogen-bond donors (Lipinski definition) is 2. The molecule has 1 saturated carbocycles. The number of aliphatic hydroxyl groups is 2. The molecule has 252 valence electrons. The largest absolute Gasteiger partial charge is 0.491 e.